The van der Waals surface area contributed by atoms with Crippen LogP contribution in [0.3, 0.4) is 0 Å². The van der Waals surface area contributed by atoms with E-state index in [1.807, 2.05) is 49.2 Å². The van der Waals surface area contributed by atoms with Crippen LogP contribution < -0.4 is 4.74 Å². The number of Topliss-reactive ketones (excluding diaryl/α,β-unsaturated/α-hetero) is 1. The molecule has 1 atom stereocenters. The zero-order chi connectivity index (χ0) is 20.0. The first kappa shape index (κ1) is 20.7. The summed E-state index contributed by atoms with van der Waals surface area (Å²) in [6.45, 7) is 8.54. The normalized spacial score (nSPS) is 12.1. The summed E-state index contributed by atoms with van der Waals surface area (Å²) in [4.78, 5) is 30.0. The van der Waals surface area contributed by atoms with E-state index in [0.29, 0.717) is 42.3 Å². The summed E-state index contributed by atoms with van der Waals surface area (Å²) in [5.41, 5.74) is 2.19. The summed E-state index contributed by atoms with van der Waals surface area (Å²) >= 11 is 0. The molecule has 0 saturated heterocycles. The van der Waals surface area contributed by atoms with Crippen molar-refractivity contribution in [2.75, 3.05) is 26.8 Å². The summed E-state index contributed by atoms with van der Waals surface area (Å²) in [5, 5.41) is 0. The molecule has 0 saturated carbocycles. The molecule has 0 unspecified atom stereocenters. The lowest BCUT2D eigenvalue weighted by molar-refractivity contribution is 0.0525. The van der Waals surface area contributed by atoms with E-state index in [-0.39, 0.29) is 11.8 Å². The van der Waals surface area contributed by atoms with Crippen molar-refractivity contribution in [1.82, 2.24) is 9.88 Å². The maximum Gasteiger partial charge on any atom is 0.340 e. The Morgan fingerprint density at radius 2 is 1.85 bits per heavy atom. The van der Waals surface area contributed by atoms with Gasteiger partial charge >= 0.3 is 5.97 Å². The van der Waals surface area contributed by atoms with E-state index < -0.39 is 5.97 Å². The van der Waals surface area contributed by atoms with Gasteiger partial charge in [0, 0.05) is 12.2 Å². The monoisotopic (exact) mass is 372 g/mol. The summed E-state index contributed by atoms with van der Waals surface area (Å²) in [6.07, 6.45) is 0. The van der Waals surface area contributed by atoms with E-state index in [4.69, 9.17) is 9.47 Å². The lowest BCUT2D eigenvalue weighted by atomic mass is 10.0. The van der Waals surface area contributed by atoms with Gasteiger partial charge < -0.3 is 14.5 Å². The lowest BCUT2D eigenvalue weighted by Crippen LogP contribution is -2.38. The number of likely N-dealkylation sites (N-methyl/N-ethyl adjacent to an activating group) is 1. The number of aryl methyl sites for hydroxylation is 1. The van der Waals surface area contributed by atoms with E-state index in [9.17, 15) is 9.59 Å². The van der Waals surface area contributed by atoms with Gasteiger partial charge in [-0.2, -0.15) is 0 Å². The molecule has 0 aliphatic heterocycles. The average Bonchev–Trinajstić information content (AvgIpc) is 2.95. The molecule has 27 heavy (non-hydrogen) atoms. The number of ether oxygens (including phenoxy) is 2. The van der Waals surface area contributed by atoms with Gasteiger partial charge in [0.1, 0.15) is 12.4 Å². The Bertz CT molecular complexity index is 783. The first-order valence-corrected chi connectivity index (χ1v) is 9.15. The number of nitrogens with zero attached hydrogens (tertiary/aromatic N) is 1. The SMILES string of the molecule is CCOC(=O)c1c(C)[nH]c(C(=O)[C@@H](C)N(C)CCOc2ccccc2)c1C. The Kier molecular flexibility index (Phi) is 7.19. The quantitative estimate of drug-likeness (QED) is 0.540. The smallest absolute Gasteiger partial charge is 0.340 e. The number of carbonyl (C=O) groups is 2. The Morgan fingerprint density at radius 3 is 2.48 bits per heavy atom. The molecule has 0 radical (unpaired) electrons. The van der Waals surface area contributed by atoms with Gasteiger partial charge in [-0.15, -0.1) is 0 Å². The predicted octanol–water partition coefficient (Wildman–Crippen LogP) is 3.39. The maximum absolute atomic E-state index is 12.9. The fraction of sp³-hybridized carbons (Fsp3) is 0.429. The Morgan fingerprint density at radius 1 is 1.19 bits per heavy atom. The lowest BCUT2D eigenvalue weighted by Gasteiger charge is -2.23. The number of carbonyl (C=O) groups excluding carboxylic acids is 2. The highest BCUT2D eigenvalue weighted by molar-refractivity contribution is 6.03. The number of esters is 1. The molecule has 0 amide bonds. The molecule has 6 heteroatoms. The second-order valence-electron chi connectivity index (χ2n) is 6.53. The molecule has 0 bridgehead atoms. The number of rotatable bonds is 9. The van der Waals surface area contributed by atoms with Gasteiger partial charge in [-0.25, -0.2) is 4.79 Å². The Hall–Kier alpha value is -2.60. The fourth-order valence-electron chi connectivity index (χ4n) is 2.93. The molecule has 0 spiro atoms. The van der Waals surface area contributed by atoms with Gasteiger partial charge in [-0.05, 0) is 52.4 Å². The number of ketones is 1. The van der Waals surface area contributed by atoms with Gasteiger partial charge in [0.25, 0.3) is 0 Å². The van der Waals surface area contributed by atoms with Crippen LogP contribution in [-0.2, 0) is 4.74 Å². The number of hydrogen-bond donors (Lipinski definition) is 1. The third kappa shape index (κ3) is 4.98. The third-order valence-corrected chi connectivity index (χ3v) is 4.66. The van der Waals surface area contributed by atoms with E-state index >= 15 is 0 Å². The molecule has 2 aromatic rings. The average molecular weight is 372 g/mol. The summed E-state index contributed by atoms with van der Waals surface area (Å²) in [7, 11) is 1.88. The number of aromatic nitrogens is 1. The minimum absolute atomic E-state index is 0.0617. The van der Waals surface area contributed by atoms with Crippen molar-refractivity contribution in [1.29, 1.82) is 0 Å². The number of benzene rings is 1. The molecule has 2 rings (SSSR count). The molecular formula is C21H28N2O4. The molecule has 1 heterocycles. The first-order valence-electron chi connectivity index (χ1n) is 9.15. The number of aromatic amines is 1. The highest BCUT2D eigenvalue weighted by Crippen LogP contribution is 2.21. The van der Waals surface area contributed by atoms with Crippen LogP contribution in [-0.4, -0.2) is 54.5 Å². The molecule has 0 fully saturated rings. The van der Waals surface area contributed by atoms with E-state index in [0.717, 1.165) is 5.75 Å². The fourth-order valence-corrected chi connectivity index (χ4v) is 2.93. The van der Waals surface area contributed by atoms with Crippen LogP contribution in [0, 0.1) is 13.8 Å². The molecule has 1 N–H and O–H groups in total. The minimum atomic E-state index is -0.403. The van der Waals surface area contributed by atoms with Crippen LogP contribution in [0.5, 0.6) is 5.75 Å². The standard InChI is InChI=1S/C21H28N2O4/c1-6-26-21(25)18-14(2)19(22-15(18)3)20(24)16(4)23(5)12-13-27-17-10-8-7-9-11-17/h7-11,16,22H,6,12-13H2,1-5H3/t16-/m1/s1. The third-order valence-electron chi connectivity index (χ3n) is 4.66. The minimum Gasteiger partial charge on any atom is -0.492 e. The van der Waals surface area contributed by atoms with Crippen LogP contribution in [0.2, 0.25) is 0 Å². The van der Waals surface area contributed by atoms with Crippen molar-refractivity contribution >= 4 is 11.8 Å². The van der Waals surface area contributed by atoms with Gasteiger partial charge in [-0.3, -0.25) is 9.69 Å². The summed E-state index contributed by atoms with van der Waals surface area (Å²) in [5.74, 6) is 0.341. The zero-order valence-corrected chi connectivity index (χ0v) is 16.7. The van der Waals surface area contributed by atoms with Gasteiger partial charge in [-0.1, -0.05) is 18.2 Å². The van der Waals surface area contributed by atoms with Crippen LogP contribution in [0.1, 0.15) is 46.0 Å². The zero-order valence-electron chi connectivity index (χ0n) is 16.7. The van der Waals surface area contributed by atoms with Gasteiger partial charge in [0.05, 0.1) is 23.9 Å². The van der Waals surface area contributed by atoms with Crippen molar-refractivity contribution in [3.8, 4) is 5.75 Å². The second-order valence-corrected chi connectivity index (χ2v) is 6.53. The molecule has 0 aliphatic carbocycles. The van der Waals surface area contributed by atoms with Crippen molar-refractivity contribution in [3.05, 3.63) is 52.8 Å². The summed E-state index contributed by atoms with van der Waals surface area (Å²) in [6, 6.07) is 9.22. The van der Waals surface area contributed by atoms with Gasteiger partial charge in [0.2, 0.25) is 0 Å². The Labute approximate surface area is 160 Å². The van der Waals surface area contributed by atoms with Crippen molar-refractivity contribution in [2.45, 2.75) is 33.7 Å². The van der Waals surface area contributed by atoms with E-state index in [2.05, 4.69) is 4.98 Å². The van der Waals surface area contributed by atoms with Crippen LogP contribution in [0.15, 0.2) is 30.3 Å². The molecule has 0 aliphatic rings. The number of nitrogens with one attached hydrogen (secondary N) is 1. The molecule has 1 aromatic carbocycles. The molecular weight excluding hydrogens is 344 g/mol. The van der Waals surface area contributed by atoms with E-state index in [1.54, 1.807) is 20.8 Å². The predicted molar refractivity (Wildman–Crippen MR) is 105 cm³/mol. The van der Waals surface area contributed by atoms with Crippen molar-refractivity contribution in [3.63, 3.8) is 0 Å². The topological polar surface area (TPSA) is 71.6 Å². The van der Waals surface area contributed by atoms with Gasteiger partial charge in [0.15, 0.2) is 5.78 Å². The molecule has 146 valence electrons. The maximum atomic E-state index is 12.9. The highest BCUT2D eigenvalue weighted by atomic mass is 16.5. The van der Waals surface area contributed by atoms with Crippen molar-refractivity contribution < 1.29 is 19.1 Å². The van der Waals surface area contributed by atoms with Crippen LogP contribution >= 0.6 is 0 Å². The van der Waals surface area contributed by atoms with Crippen molar-refractivity contribution in [2.24, 2.45) is 0 Å². The number of hydrogen-bond acceptors (Lipinski definition) is 5. The second kappa shape index (κ2) is 9.37. The van der Waals surface area contributed by atoms with E-state index in [1.165, 1.54) is 0 Å². The van der Waals surface area contributed by atoms with Crippen LogP contribution in [0.4, 0.5) is 0 Å². The molecule has 6 nitrogen and oxygen atoms in total. The first-order chi connectivity index (χ1) is 12.9. The van der Waals surface area contributed by atoms with Crippen LogP contribution in [0.25, 0.3) is 0 Å². The largest absolute Gasteiger partial charge is 0.492 e. The number of H-pyrrole nitrogens is 1. The Balaban J connectivity index is 2.01. The highest BCUT2D eigenvalue weighted by Gasteiger charge is 2.27. The number of para-hydroxylation sites is 1. The molecule has 1 aromatic heterocycles. The summed E-state index contributed by atoms with van der Waals surface area (Å²) < 4.78 is 10.8.